The number of aliphatic hydroxyl groups excluding tert-OH is 1. The fraction of sp³-hybridized carbons (Fsp3) is 0.571. The van der Waals surface area contributed by atoms with Crippen molar-refractivity contribution < 1.29 is 120 Å². The first-order valence-corrected chi connectivity index (χ1v) is 15.7. The average molecular weight is 1210 g/mol. The molecule has 0 spiro atoms. The predicted molar refractivity (Wildman–Crippen MR) is 34.7 cm³/mol. The molecule has 0 aliphatic carbocycles. The maximum absolute atomic E-state index is 8.66. The second-order valence-electron chi connectivity index (χ2n) is 2.10. The number of rotatable bonds is 3. The first-order valence-electron chi connectivity index (χ1n) is 3.05. The minimum atomic E-state index is 0. The molecule has 82 valence electrons. The molecule has 1 N–H and O–H groups in total. The quantitative estimate of drug-likeness (QED) is 0.414. The van der Waals surface area contributed by atoms with Crippen LogP contribution in [0, 0.1) is 12.0 Å². The second kappa shape index (κ2) is 25.5. The summed E-state index contributed by atoms with van der Waals surface area (Å²) in [5.41, 5.74) is 0.931. The molecule has 0 amide bonds. The van der Waals surface area contributed by atoms with E-state index in [0.717, 1.165) is 5.57 Å². The van der Waals surface area contributed by atoms with E-state index < -0.39 is 0 Å². The van der Waals surface area contributed by atoms with E-state index in [4.69, 9.17) is 5.11 Å². The molecule has 7 heteroatoms. The van der Waals surface area contributed by atoms with Crippen molar-refractivity contribution in [2.45, 2.75) is 13.8 Å². The third-order valence-electron chi connectivity index (χ3n) is 0.787. The molecule has 0 atom stereocenters. The Morgan fingerprint density at radius 1 is 1.29 bits per heavy atom. The van der Waals surface area contributed by atoms with Gasteiger partial charge in [0.2, 0.25) is 0 Å². The Kier molecular flexibility index (Phi) is 55.8. The van der Waals surface area contributed by atoms with Crippen LogP contribution in [0.25, 0.3) is 0 Å². The maximum atomic E-state index is 8.66. The fourth-order valence-electron chi connectivity index (χ4n) is 0.488. The molecule has 0 aromatic heterocycles. The van der Waals surface area contributed by atoms with Crippen LogP contribution >= 0.6 is 0 Å². The van der Waals surface area contributed by atoms with Gasteiger partial charge in [0.25, 0.3) is 0 Å². The normalized spacial score (nSPS) is 8.14. The van der Waals surface area contributed by atoms with E-state index >= 15 is 0 Å². The van der Waals surface area contributed by atoms with Gasteiger partial charge in [-0.3, -0.25) is 0 Å². The van der Waals surface area contributed by atoms with Crippen LogP contribution in [0.3, 0.4) is 0 Å². The molecule has 0 radical (unpaired) electrons. The summed E-state index contributed by atoms with van der Waals surface area (Å²) < 4.78 is 1.96. The number of hydrogen-bond donors (Lipinski definition) is 1. The topological polar surface area (TPSA) is 20.2 Å². The van der Waals surface area contributed by atoms with Gasteiger partial charge in [0.15, 0.2) is 0 Å². The van der Waals surface area contributed by atoms with Gasteiger partial charge in [-0.2, -0.15) is 0 Å². The van der Waals surface area contributed by atoms with Crippen LogP contribution in [0.2, 0.25) is 0 Å². The zero-order chi connectivity index (χ0) is 9.28. The second-order valence-corrected chi connectivity index (χ2v) is 2.95. The van der Waals surface area contributed by atoms with E-state index in [1.165, 1.54) is 19.4 Å². The zero-order valence-corrected chi connectivity index (χ0v) is 25.4. The van der Waals surface area contributed by atoms with Gasteiger partial charge in [-0.1, -0.05) is 0 Å². The van der Waals surface area contributed by atoms with Crippen molar-refractivity contribution in [3.8, 4) is 0 Å². The van der Waals surface area contributed by atoms with Gasteiger partial charge in [0.1, 0.15) is 0 Å². The summed E-state index contributed by atoms with van der Waals surface area (Å²) in [6.45, 7) is 4.23. The third kappa shape index (κ3) is 24.8. The summed E-state index contributed by atoms with van der Waals surface area (Å²) in [5, 5.41) is 8.66. The molecule has 0 aromatic rings. The predicted octanol–water partition coefficient (Wildman–Crippen LogP) is 0.701. The van der Waals surface area contributed by atoms with E-state index in [-0.39, 0.29) is 69.8 Å². The molecule has 0 saturated heterocycles. The number of hydrogen-bond acceptors (Lipinski definition) is 1. The van der Waals surface area contributed by atoms with Crippen LogP contribution < -0.4 is 0 Å². The van der Waals surface area contributed by atoms with E-state index in [0.29, 0.717) is 5.92 Å². The molecule has 0 heterocycles. The van der Waals surface area contributed by atoms with Gasteiger partial charge in [0.05, 0.1) is 0 Å². The molecule has 0 fully saturated rings. The van der Waals surface area contributed by atoms with Gasteiger partial charge < -0.3 is 0 Å². The Bertz CT molecular complexity index is 136. The molecular weight excluding hydrogens is 1200 g/mol. The molecule has 0 unspecified atom stereocenters. The fourth-order valence-corrected chi connectivity index (χ4v) is 1.000. The molecule has 0 aliphatic heterocycles. The van der Waals surface area contributed by atoms with Gasteiger partial charge in [-0.05, 0) is 0 Å². The number of aliphatic hydroxyl groups is 1. The number of allylic oxidation sites excluding steroid dienone is 1. The zero-order valence-electron chi connectivity index (χ0n) is 7.76. The van der Waals surface area contributed by atoms with Crippen molar-refractivity contribution >= 4 is 4.40 Å². The molecule has 0 bridgehead atoms. The van der Waals surface area contributed by atoms with Gasteiger partial charge in [-0.25, -0.2) is 0 Å². The molecule has 0 aliphatic rings. The first kappa shape index (κ1) is 30.6. The SMILES string of the molecule is CC(C)[C-]=C([CH]=[W])CO.[W].[W].[W].[W]=[W]. The van der Waals surface area contributed by atoms with E-state index in [2.05, 4.69) is 19.9 Å². The van der Waals surface area contributed by atoms with Crippen LogP contribution in [-0.4, -0.2) is 16.1 Å². The molecule has 0 saturated carbocycles. The third-order valence-corrected chi connectivity index (χ3v) is 1.81. The van der Waals surface area contributed by atoms with Crippen LogP contribution in [0.1, 0.15) is 13.8 Å². The van der Waals surface area contributed by atoms with Gasteiger partial charge >= 0.3 is 99.3 Å². The Hall–Kier alpha value is 3.70. The van der Waals surface area contributed by atoms with Crippen molar-refractivity contribution in [2.24, 2.45) is 5.92 Å². The van der Waals surface area contributed by atoms with Crippen molar-refractivity contribution in [3.05, 3.63) is 11.6 Å². The summed E-state index contributed by atoms with van der Waals surface area (Å²) in [4.78, 5) is 0. The van der Waals surface area contributed by atoms with Crippen molar-refractivity contribution in [2.75, 3.05) is 6.61 Å². The molecule has 0 rings (SSSR count). The Morgan fingerprint density at radius 2 is 1.64 bits per heavy atom. The average Bonchev–Trinajstić information content (AvgIpc) is 2.03. The molecule has 14 heavy (non-hydrogen) atoms. The van der Waals surface area contributed by atoms with E-state index in [1.54, 1.807) is 32.4 Å². The van der Waals surface area contributed by atoms with Crippen molar-refractivity contribution in [3.63, 3.8) is 0 Å². The van der Waals surface area contributed by atoms with Gasteiger partial charge in [-0.15, -0.1) is 0 Å². The Labute approximate surface area is 159 Å². The molecular formula is C7H11OW6-. The summed E-state index contributed by atoms with van der Waals surface area (Å²) in [7, 11) is 0. The van der Waals surface area contributed by atoms with Crippen LogP contribution in [-0.2, 0) is 115 Å². The summed E-state index contributed by atoms with van der Waals surface area (Å²) >= 11 is 4.70. The van der Waals surface area contributed by atoms with E-state index in [9.17, 15) is 0 Å². The summed E-state index contributed by atoms with van der Waals surface area (Å²) in [5.74, 6) is 0.419. The van der Waals surface area contributed by atoms with Gasteiger partial charge in [0, 0.05) is 63.2 Å². The standard InChI is InChI=1S/C7H11O.6W/c1-6(2)4-7(3)5-8;;;;;;/h3,6,8H,5H2,1-2H3;;;;;;/q-1;;;;;;. The first-order chi connectivity index (χ1) is 5.20. The van der Waals surface area contributed by atoms with Crippen molar-refractivity contribution in [1.82, 2.24) is 0 Å². The van der Waals surface area contributed by atoms with Crippen LogP contribution in [0.4, 0.5) is 0 Å². The van der Waals surface area contributed by atoms with Crippen LogP contribution in [0.5, 0.6) is 0 Å². The molecule has 1 nitrogen and oxygen atoms in total. The van der Waals surface area contributed by atoms with E-state index in [1.807, 2.05) is 4.40 Å². The molecule has 0 aromatic carbocycles. The summed E-state index contributed by atoms with van der Waals surface area (Å²) in [6.07, 6.45) is 3.11. The monoisotopic (exact) mass is 1210 g/mol. The Balaban J connectivity index is -0.0000000505. The minimum absolute atomic E-state index is 0. The summed E-state index contributed by atoms with van der Waals surface area (Å²) in [6, 6.07) is 0. The van der Waals surface area contributed by atoms with Crippen molar-refractivity contribution in [1.29, 1.82) is 0 Å². The van der Waals surface area contributed by atoms with Crippen LogP contribution in [0.15, 0.2) is 5.57 Å². The Morgan fingerprint density at radius 3 is 1.71 bits per heavy atom.